The molecule has 138 valence electrons. The van der Waals surface area contributed by atoms with Crippen molar-refractivity contribution in [3.63, 3.8) is 0 Å². The summed E-state index contributed by atoms with van der Waals surface area (Å²) in [5.41, 5.74) is -0.249. The molecule has 0 bridgehead atoms. The average molecular weight is 364 g/mol. The third-order valence-electron chi connectivity index (χ3n) is 4.72. The van der Waals surface area contributed by atoms with Crippen LogP contribution in [0, 0.1) is 5.92 Å². The molecule has 1 saturated heterocycles. The number of ether oxygens (including phenoxy) is 1. The van der Waals surface area contributed by atoms with E-state index in [4.69, 9.17) is 4.74 Å². The van der Waals surface area contributed by atoms with Gasteiger partial charge in [-0.3, -0.25) is 14.5 Å². The third-order valence-corrected chi connectivity index (χ3v) is 5.92. The Bertz CT molecular complexity index is 638. The van der Waals surface area contributed by atoms with E-state index < -0.39 is 16.0 Å². The molecular formula is C20H29NO3S. The van der Waals surface area contributed by atoms with Crippen LogP contribution in [-0.4, -0.2) is 33.8 Å². The van der Waals surface area contributed by atoms with E-state index in [2.05, 4.69) is 0 Å². The van der Waals surface area contributed by atoms with Crippen LogP contribution >= 0.6 is 11.8 Å². The fraction of sp³-hybridized carbons (Fsp3) is 0.600. The summed E-state index contributed by atoms with van der Waals surface area (Å²) >= 11 is 1.10. The van der Waals surface area contributed by atoms with Crippen molar-refractivity contribution in [2.24, 2.45) is 5.92 Å². The van der Waals surface area contributed by atoms with Crippen molar-refractivity contribution < 1.29 is 14.3 Å². The fourth-order valence-corrected chi connectivity index (χ4v) is 4.95. The summed E-state index contributed by atoms with van der Waals surface area (Å²) in [7, 11) is 0. The summed E-state index contributed by atoms with van der Waals surface area (Å²) in [6.45, 7) is 13.8. The molecule has 1 aromatic rings. The molecule has 5 heteroatoms. The van der Waals surface area contributed by atoms with E-state index in [1.54, 1.807) is 4.90 Å². The zero-order valence-electron chi connectivity index (χ0n) is 16.3. The van der Waals surface area contributed by atoms with Gasteiger partial charge in [0.1, 0.15) is 10.5 Å². The number of carbonyl (C=O) groups excluding carboxylic acids is 2. The molecule has 1 amide bonds. The van der Waals surface area contributed by atoms with Crippen molar-refractivity contribution in [2.45, 2.75) is 64.5 Å². The molecule has 25 heavy (non-hydrogen) atoms. The molecule has 0 saturated carbocycles. The Morgan fingerprint density at radius 1 is 1.16 bits per heavy atom. The Morgan fingerprint density at radius 2 is 1.72 bits per heavy atom. The van der Waals surface area contributed by atoms with Crippen molar-refractivity contribution in [3.05, 3.63) is 35.9 Å². The van der Waals surface area contributed by atoms with Gasteiger partial charge in [-0.15, -0.1) is 0 Å². The smallest absolute Gasteiger partial charge is 0.285 e. The highest BCUT2D eigenvalue weighted by Crippen LogP contribution is 2.45. The minimum Gasteiger partial charge on any atom is -0.354 e. The van der Waals surface area contributed by atoms with E-state index >= 15 is 0 Å². The van der Waals surface area contributed by atoms with Crippen LogP contribution < -0.4 is 0 Å². The largest absolute Gasteiger partial charge is 0.354 e. The molecule has 4 nitrogen and oxygen atoms in total. The second kappa shape index (κ2) is 6.76. The highest BCUT2D eigenvalue weighted by molar-refractivity contribution is 8.14. The number of hydrogen-bond donors (Lipinski definition) is 0. The second-order valence-electron chi connectivity index (χ2n) is 8.17. The lowest BCUT2D eigenvalue weighted by Crippen LogP contribution is -2.52. The monoisotopic (exact) mass is 363 g/mol. The van der Waals surface area contributed by atoms with Crippen molar-refractivity contribution in [2.75, 3.05) is 6.61 Å². The topological polar surface area (TPSA) is 46.6 Å². The molecule has 1 fully saturated rings. The molecule has 1 aromatic carbocycles. The minimum absolute atomic E-state index is 0.0489. The molecule has 1 atom stereocenters. The predicted octanol–water partition coefficient (Wildman–Crippen LogP) is 4.83. The van der Waals surface area contributed by atoms with Gasteiger partial charge in [0.05, 0.1) is 12.1 Å². The van der Waals surface area contributed by atoms with Crippen molar-refractivity contribution >= 4 is 22.8 Å². The van der Waals surface area contributed by atoms with E-state index in [9.17, 15) is 9.59 Å². The maximum atomic E-state index is 13.2. The van der Waals surface area contributed by atoms with Gasteiger partial charge < -0.3 is 4.74 Å². The first-order valence-corrected chi connectivity index (χ1v) is 9.50. The standard InChI is InChI=1S/C20H29NO3S/c1-14(2)16(22)20(7,15-11-9-8-10-12-15)25-17(23)21-18(3,4)13-24-19(21,5)6/h8-12,14H,13H2,1-7H3/t20-/m1/s1. The van der Waals surface area contributed by atoms with Gasteiger partial charge in [-0.25, -0.2) is 0 Å². The van der Waals surface area contributed by atoms with E-state index in [1.807, 2.05) is 78.8 Å². The normalized spacial score (nSPS) is 21.2. The van der Waals surface area contributed by atoms with Crippen molar-refractivity contribution in [1.29, 1.82) is 0 Å². The van der Waals surface area contributed by atoms with E-state index in [0.29, 0.717) is 6.61 Å². The maximum Gasteiger partial charge on any atom is 0.285 e. The molecule has 0 radical (unpaired) electrons. The molecule has 2 rings (SSSR count). The van der Waals surface area contributed by atoms with Crippen LogP contribution in [0.25, 0.3) is 0 Å². The van der Waals surface area contributed by atoms with Gasteiger partial charge in [0, 0.05) is 5.92 Å². The molecule has 0 unspecified atom stereocenters. The zero-order chi connectivity index (χ0) is 19.0. The van der Waals surface area contributed by atoms with Crippen LogP contribution in [0.4, 0.5) is 4.79 Å². The van der Waals surface area contributed by atoms with E-state index in [0.717, 1.165) is 17.3 Å². The van der Waals surface area contributed by atoms with Crippen LogP contribution in [0.3, 0.4) is 0 Å². The second-order valence-corrected chi connectivity index (χ2v) is 9.54. The number of thioether (sulfide) groups is 1. The summed E-state index contributed by atoms with van der Waals surface area (Å²) in [6.07, 6.45) is 0. The third kappa shape index (κ3) is 3.77. The van der Waals surface area contributed by atoms with Crippen LogP contribution in [0.2, 0.25) is 0 Å². The van der Waals surface area contributed by atoms with Gasteiger partial charge in [0.15, 0.2) is 5.78 Å². The lowest BCUT2D eigenvalue weighted by Gasteiger charge is -2.40. The molecule has 1 aliphatic rings. The number of hydrogen-bond acceptors (Lipinski definition) is 4. The number of ketones is 1. The first kappa shape index (κ1) is 20.0. The van der Waals surface area contributed by atoms with Crippen LogP contribution in [0.5, 0.6) is 0 Å². The van der Waals surface area contributed by atoms with E-state index in [1.165, 1.54) is 0 Å². The van der Waals surface area contributed by atoms with E-state index in [-0.39, 0.29) is 16.9 Å². The quantitative estimate of drug-likeness (QED) is 0.769. The molecule has 0 N–H and O–H groups in total. The number of nitrogens with zero attached hydrogens (tertiary/aromatic N) is 1. The lowest BCUT2D eigenvalue weighted by molar-refractivity contribution is -0.124. The minimum atomic E-state index is -0.929. The Hall–Kier alpha value is -1.33. The SMILES string of the molecule is CC(C)C(=O)[C@](C)(SC(=O)N1C(C)(C)COC1(C)C)c1ccccc1. The predicted molar refractivity (Wildman–Crippen MR) is 103 cm³/mol. The highest BCUT2D eigenvalue weighted by Gasteiger charge is 2.51. The number of benzene rings is 1. The van der Waals surface area contributed by atoms with Crippen LogP contribution in [0.1, 0.15) is 54.0 Å². The molecule has 0 spiro atoms. The average Bonchev–Trinajstić information content (AvgIpc) is 2.75. The van der Waals surface area contributed by atoms with Gasteiger partial charge in [-0.2, -0.15) is 0 Å². The fourth-order valence-electron chi connectivity index (χ4n) is 3.46. The molecule has 1 heterocycles. The highest BCUT2D eigenvalue weighted by atomic mass is 32.2. The Labute approximate surface area is 155 Å². The number of amides is 1. The summed E-state index contributed by atoms with van der Waals surface area (Å²) in [4.78, 5) is 28.0. The number of carbonyl (C=O) groups is 2. The Balaban J connectivity index is 2.41. The van der Waals surface area contributed by atoms with Gasteiger partial charge in [-0.05, 0) is 51.9 Å². The summed E-state index contributed by atoms with van der Waals surface area (Å²) < 4.78 is 4.90. The van der Waals surface area contributed by atoms with Gasteiger partial charge in [0.2, 0.25) is 0 Å². The molecular weight excluding hydrogens is 334 g/mol. The lowest BCUT2D eigenvalue weighted by atomic mass is 9.89. The maximum absolute atomic E-state index is 13.2. The first-order valence-electron chi connectivity index (χ1n) is 8.69. The summed E-state index contributed by atoms with van der Waals surface area (Å²) in [5.74, 6) is -0.117. The summed E-state index contributed by atoms with van der Waals surface area (Å²) in [5, 5.41) is -0.132. The van der Waals surface area contributed by atoms with Gasteiger partial charge in [-0.1, -0.05) is 44.2 Å². The number of rotatable bonds is 4. The van der Waals surface area contributed by atoms with Gasteiger partial charge >= 0.3 is 0 Å². The van der Waals surface area contributed by atoms with Crippen molar-refractivity contribution in [3.8, 4) is 0 Å². The number of Topliss-reactive ketones (excluding diaryl/α,β-unsaturated/α-hetero) is 1. The Kier molecular flexibility index (Phi) is 5.41. The molecule has 1 aliphatic heterocycles. The van der Waals surface area contributed by atoms with Crippen LogP contribution in [-0.2, 0) is 14.3 Å². The van der Waals surface area contributed by atoms with Gasteiger partial charge in [0.25, 0.3) is 5.24 Å². The summed E-state index contributed by atoms with van der Waals surface area (Å²) in [6, 6.07) is 9.55. The zero-order valence-corrected chi connectivity index (χ0v) is 17.1. The molecule has 0 aliphatic carbocycles. The van der Waals surface area contributed by atoms with Crippen LogP contribution in [0.15, 0.2) is 30.3 Å². The molecule has 0 aromatic heterocycles. The van der Waals surface area contributed by atoms with Crippen molar-refractivity contribution in [1.82, 2.24) is 4.90 Å². The Morgan fingerprint density at radius 3 is 2.16 bits per heavy atom. The first-order chi connectivity index (χ1) is 11.4.